The summed E-state index contributed by atoms with van der Waals surface area (Å²) in [5.41, 5.74) is 3.88. The van der Waals surface area contributed by atoms with Crippen LogP contribution in [0.5, 0.6) is 5.75 Å². The van der Waals surface area contributed by atoms with Gasteiger partial charge in [-0.15, -0.1) is 0 Å². The first kappa shape index (κ1) is 24.9. The van der Waals surface area contributed by atoms with Gasteiger partial charge in [-0.3, -0.25) is 19.8 Å². The number of epoxide rings is 1. The zero-order valence-electron chi connectivity index (χ0n) is 19.5. The number of phenols is 1. The Kier molecular flexibility index (Phi) is 8.65. The van der Waals surface area contributed by atoms with E-state index in [1.54, 1.807) is 24.3 Å². The highest BCUT2D eigenvalue weighted by Gasteiger charge is 2.50. The summed E-state index contributed by atoms with van der Waals surface area (Å²) in [5, 5.41) is 16.7. The summed E-state index contributed by atoms with van der Waals surface area (Å²) < 4.78 is 5.30. The normalized spacial score (nSPS) is 21.9. The average molecular weight is 462 g/mol. The van der Waals surface area contributed by atoms with Crippen molar-refractivity contribution in [2.75, 3.05) is 39.8 Å². The second-order valence-corrected chi connectivity index (χ2v) is 9.14. The van der Waals surface area contributed by atoms with Crippen LogP contribution in [-0.2, 0) is 25.5 Å². The highest BCUT2D eigenvalue weighted by molar-refractivity contribution is 5.97. The fourth-order valence-electron chi connectivity index (χ4n) is 3.71. The molecule has 2 aliphatic rings. The number of rotatable bonds is 10. The molecule has 10 nitrogen and oxygen atoms in total. The zero-order valence-corrected chi connectivity index (χ0v) is 19.5. The molecule has 2 fully saturated rings. The lowest BCUT2D eigenvalue weighted by Crippen LogP contribution is -2.57. The SMILES string of the molecule is CC(C)C[C@H](NC(=O)C1OC1C(=O)NCCc1ccc(O)cc1)C(=O)NN1CCN(C)CC1. The van der Waals surface area contributed by atoms with E-state index in [4.69, 9.17) is 4.74 Å². The number of likely N-dealkylation sites (N-methyl/N-ethyl adjacent to an activating group) is 1. The topological polar surface area (TPSA) is 127 Å². The van der Waals surface area contributed by atoms with Crippen LogP contribution in [-0.4, -0.2) is 90.8 Å². The number of hydrogen-bond acceptors (Lipinski definition) is 7. The maximum atomic E-state index is 12.8. The van der Waals surface area contributed by atoms with Crippen molar-refractivity contribution in [3.8, 4) is 5.75 Å². The summed E-state index contributed by atoms with van der Waals surface area (Å²) in [4.78, 5) is 39.9. The maximum absolute atomic E-state index is 12.8. The molecule has 3 atom stereocenters. The van der Waals surface area contributed by atoms with Gasteiger partial charge in [0.1, 0.15) is 11.8 Å². The second kappa shape index (κ2) is 11.4. The minimum atomic E-state index is -0.884. The molecule has 4 N–H and O–H groups in total. The monoisotopic (exact) mass is 461 g/mol. The molecule has 0 aliphatic carbocycles. The van der Waals surface area contributed by atoms with Gasteiger partial charge in [-0.1, -0.05) is 26.0 Å². The third-order valence-corrected chi connectivity index (χ3v) is 5.77. The van der Waals surface area contributed by atoms with Crippen molar-refractivity contribution in [3.05, 3.63) is 29.8 Å². The van der Waals surface area contributed by atoms with Gasteiger partial charge in [0, 0.05) is 32.7 Å². The molecule has 0 aromatic heterocycles. The minimum absolute atomic E-state index is 0.191. The Balaban J connectivity index is 1.43. The molecular weight excluding hydrogens is 426 g/mol. The van der Waals surface area contributed by atoms with Crippen LogP contribution in [0.3, 0.4) is 0 Å². The van der Waals surface area contributed by atoms with Crippen LogP contribution >= 0.6 is 0 Å². The molecule has 0 radical (unpaired) electrons. The first-order valence-electron chi connectivity index (χ1n) is 11.5. The number of hydrogen-bond donors (Lipinski definition) is 4. The molecule has 0 saturated carbocycles. The van der Waals surface area contributed by atoms with E-state index in [-0.39, 0.29) is 23.5 Å². The fourth-order valence-corrected chi connectivity index (χ4v) is 3.71. The molecule has 33 heavy (non-hydrogen) atoms. The molecule has 2 saturated heterocycles. The van der Waals surface area contributed by atoms with Crippen LogP contribution in [0.25, 0.3) is 0 Å². The first-order valence-corrected chi connectivity index (χ1v) is 11.5. The Morgan fingerprint density at radius 1 is 1.06 bits per heavy atom. The minimum Gasteiger partial charge on any atom is -0.508 e. The number of hydrazine groups is 1. The van der Waals surface area contributed by atoms with Crippen molar-refractivity contribution < 1.29 is 24.2 Å². The number of nitrogens with one attached hydrogen (secondary N) is 3. The number of phenolic OH excluding ortho intramolecular Hbond substituents is 1. The Morgan fingerprint density at radius 3 is 2.33 bits per heavy atom. The maximum Gasteiger partial charge on any atom is 0.256 e. The molecule has 1 aromatic carbocycles. The van der Waals surface area contributed by atoms with Crippen molar-refractivity contribution >= 4 is 17.7 Å². The van der Waals surface area contributed by atoms with Crippen molar-refractivity contribution in [2.24, 2.45) is 5.92 Å². The summed E-state index contributed by atoms with van der Waals surface area (Å²) in [6.07, 6.45) is -0.643. The van der Waals surface area contributed by atoms with Crippen molar-refractivity contribution in [2.45, 2.75) is 44.9 Å². The van der Waals surface area contributed by atoms with Gasteiger partial charge in [-0.05, 0) is 43.5 Å². The number of piperazine rings is 1. The Labute approximate surface area is 194 Å². The van der Waals surface area contributed by atoms with Crippen LogP contribution in [0, 0.1) is 5.92 Å². The number of carbonyl (C=O) groups excluding carboxylic acids is 3. The van der Waals surface area contributed by atoms with Crippen molar-refractivity contribution in [1.29, 1.82) is 0 Å². The highest BCUT2D eigenvalue weighted by Crippen LogP contribution is 2.23. The Bertz CT molecular complexity index is 823. The summed E-state index contributed by atoms with van der Waals surface area (Å²) in [5.74, 6) is -0.662. The Hall–Kier alpha value is -2.69. The zero-order chi connectivity index (χ0) is 24.0. The van der Waals surface area contributed by atoms with E-state index in [2.05, 4.69) is 21.0 Å². The van der Waals surface area contributed by atoms with Crippen LogP contribution in [0.1, 0.15) is 25.8 Å². The van der Waals surface area contributed by atoms with E-state index in [0.717, 1.165) is 31.7 Å². The third kappa shape index (κ3) is 7.69. The van der Waals surface area contributed by atoms with E-state index in [9.17, 15) is 19.5 Å². The van der Waals surface area contributed by atoms with Gasteiger partial charge in [0.05, 0.1) is 0 Å². The van der Waals surface area contributed by atoms with Gasteiger partial charge in [0.25, 0.3) is 17.7 Å². The van der Waals surface area contributed by atoms with E-state index in [0.29, 0.717) is 19.4 Å². The van der Waals surface area contributed by atoms with Crippen LogP contribution in [0.4, 0.5) is 0 Å². The molecule has 2 unspecified atom stereocenters. The molecule has 2 aliphatic heterocycles. The third-order valence-electron chi connectivity index (χ3n) is 5.77. The number of aromatic hydroxyl groups is 1. The van der Waals surface area contributed by atoms with Crippen LogP contribution in [0.2, 0.25) is 0 Å². The lowest BCUT2D eigenvalue weighted by Gasteiger charge is -2.33. The largest absolute Gasteiger partial charge is 0.508 e. The predicted molar refractivity (Wildman–Crippen MR) is 122 cm³/mol. The number of benzene rings is 1. The van der Waals surface area contributed by atoms with Gasteiger partial charge in [0.15, 0.2) is 12.2 Å². The van der Waals surface area contributed by atoms with E-state index in [1.807, 2.05) is 25.9 Å². The summed E-state index contributed by atoms with van der Waals surface area (Å²) in [7, 11) is 2.04. The van der Waals surface area contributed by atoms with Gasteiger partial charge in [-0.2, -0.15) is 0 Å². The average Bonchev–Trinajstić information content (AvgIpc) is 3.57. The molecule has 0 spiro atoms. The molecule has 182 valence electrons. The summed E-state index contributed by atoms with van der Waals surface area (Å²) in [6.45, 7) is 7.54. The molecule has 0 bridgehead atoms. The molecule has 1 aromatic rings. The summed E-state index contributed by atoms with van der Waals surface area (Å²) >= 11 is 0. The fraction of sp³-hybridized carbons (Fsp3) is 0.609. The molecule has 3 rings (SSSR count). The quantitative estimate of drug-likeness (QED) is 0.350. The van der Waals surface area contributed by atoms with E-state index >= 15 is 0 Å². The molecule has 2 heterocycles. The number of carbonyl (C=O) groups is 3. The van der Waals surface area contributed by atoms with Gasteiger partial charge < -0.3 is 25.4 Å². The number of nitrogens with zero attached hydrogens (tertiary/aromatic N) is 2. The second-order valence-electron chi connectivity index (χ2n) is 9.14. The molecule has 10 heteroatoms. The van der Waals surface area contributed by atoms with E-state index < -0.39 is 24.2 Å². The van der Waals surface area contributed by atoms with E-state index in [1.165, 1.54) is 0 Å². The number of ether oxygens (including phenoxy) is 1. The molecule has 3 amide bonds. The standard InChI is InChI=1S/C23H35N5O5/c1-15(2)14-18(21(30)26-28-12-10-27(3)11-13-28)25-23(32)20-19(33-20)22(31)24-9-8-16-4-6-17(29)7-5-16/h4-7,15,18-20,29H,8-14H2,1-3H3,(H,24,31)(H,25,32)(H,26,30)/t18-,19?,20?/m0/s1. The van der Waals surface area contributed by atoms with Crippen LogP contribution < -0.4 is 16.1 Å². The Morgan fingerprint density at radius 2 is 1.70 bits per heavy atom. The van der Waals surface area contributed by atoms with Crippen molar-refractivity contribution in [3.63, 3.8) is 0 Å². The first-order chi connectivity index (χ1) is 15.7. The lowest BCUT2D eigenvalue weighted by molar-refractivity contribution is -0.133. The number of amides is 3. The molecular formula is C23H35N5O5. The lowest BCUT2D eigenvalue weighted by atomic mass is 10.0. The highest BCUT2D eigenvalue weighted by atomic mass is 16.6. The van der Waals surface area contributed by atoms with Crippen molar-refractivity contribution in [1.82, 2.24) is 26.0 Å². The van der Waals surface area contributed by atoms with Gasteiger partial charge in [-0.25, -0.2) is 5.01 Å². The van der Waals surface area contributed by atoms with Gasteiger partial charge >= 0.3 is 0 Å². The smallest absolute Gasteiger partial charge is 0.256 e. The van der Waals surface area contributed by atoms with Crippen LogP contribution in [0.15, 0.2) is 24.3 Å². The van der Waals surface area contributed by atoms with Gasteiger partial charge in [0.2, 0.25) is 0 Å². The predicted octanol–water partition coefficient (Wildman–Crippen LogP) is -0.372. The summed E-state index contributed by atoms with van der Waals surface area (Å²) in [6, 6.07) is 6.06.